The predicted octanol–water partition coefficient (Wildman–Crippen LogP) is 2.72. The number of hydrogen-bond donors (Lipinski definition) is 3. The summed E-state index contributed by atoms with van der Waals surface area (Å²) in [6, 6.07) is 2.26. The SMILES string of the molecule is CSCC[C@@H](N)C(=O)Nc1cc(Cl)c(O)c(Cl)c1. The van der Waals surface area contributed by atoms with Crippen molar-refractivity contribution >= 4 is 46.6 Å². The van der Waals surface area contributed by atoms with Gasteiger partial charge in [0.15, 0.2) is 5.75 Å². The molecule has 1 aromatic rings. The molecule has 0 radical (unpaired) electrons. The first-order chi connectivity index (χ1) is 8.45. The molecule has 1 rings (SSSR count). The Balaban J connectivity index is 2.70. The van der Waals surface area contributed by atoms with Gasteiger partial charge in [0.2, 0.25) is 5.91 Å². The normalized spacial score (nSPS) is 12.2. The number of phenolic OH excluding ortho intramolecular Hbond substituents is 1. The number of benzene rings is 1. The van der Waals surface area contributed by atoms with E-state index in [-0.39, 0.29) is 21.7 Å². The number of halogens is 2. The average Bonchev–Trinajstić information content (AvgIpc) is 2.32. The molecule has 0 unspecified atom stereocenters. The number of nitrogens with one attached hydrogen (secondary N) is 1. The van der Waals surface area contributed by atoms with E-state index in [0.717, 1.165) is 5.75 Å². The highest BCUT2D eigenvalue weighted by Crippen LogP contribution is 2.34. The van der Waals surface area contributed by atoms with Gasteiger partial charge >= 0.3 is 0 Å². The van der Waals surface area contributed by atoms with Gasteiger partial charge in [-0.1, -0.05) is 23.2 Å². The number of anilines is 1. The van der Waals surface area contributed by atoms with Crippen LogP contribution in [0.5, 0.6) is 5.75 Å². The second-order valence-corrected chi connectivity index (χ2v) is 5.47. The van der Waals surface area contributed by atoms with Crippen LogP contribution in [0.15, 0.2) is 12.1 Å². The molecular weight excluding hydrogens is 295 g/mol. The number of rotatable bonds is 5. The molecule has 0 fully saturated rings. The molecule has 0 aromatic heterocycles. The lowest BCUT2D eigenvalue weighted by Crippen LogP contribution is -2.36. The van der Waals surface area contributed by atoms with Crippen LogP contribution in [0.3, 0.4) is 0 Å². The van der Waals surface area contributed by atoms with Crippen molar-refractivity contribution in [1.82, 2.24) is 0 Å². The quantitative estimate of drug-likeness (QED) is 0.731. The highest BCUT2D eigenvalue weighted by molar-refractivity contribution is 7.98. The standard InChI is InChI=1S/C11H14Cl2N2O2S/c1-18-3-2-9(14)11(17)15-6-4-7(12)10(16)8(13)5-6/h4-5,9,16H,2-3,14H2,1H3,(H,15,17)/t9-/m1/s1. The van der Waals surface area contributed by atoms with E-state index in [1.54, 1.807) is 11.8 Å². The molecule has 0 aliphatic heterocycles. The van der Waals surface area contributed by atoms with E-state index in [4.69, 9.17) is 28.9 Å². The summed E-state index contributed by atoms with van der Waals surface area (Å²) in [5.41, 5.74) is 6.13. The summed E-state index contributed by atoms with van der Waals surface area (Å²) >= 11 is 13.1. The van der Waals surface area contributed by atoms with Gasteiger partial charge in [0, 0.05) is 5.69 Å². The minimum Gasteiger partial charge on any atom is -0.505 e. The van der Waals surface area contributed by atoms with Crippen LogP contribution >= 0.6 is 35.0 Å². The second kappa shape index (κ2) is 7.09. The number of hydrogen-bond acceptors (Lipinski definition) is 4. The molecular formula is C11H14Cl2N2O2S. The van der Waals surface area contributed by atoms with Crippen molar-refractivity contribution in [2.45, 2.75) is 12.5 Å². The summed E-state index contributed by atoms with van der Waals surface area (Å²) in [6.45, 7) is 0. The molecule has 4 nitrogen and oxygen atoms in total. The van der Waals surface area contributed by atoms with Crippen LogP contribution in [0.1, 0.15) is 6.42 Å². The first-order valence-corrected chi connectivity index (χ1v) is 7.34. The van der Waals surface area contributed by atoms with Crippen molar-refractivity contribution in [3.8, 4) is 5.75 Å². The van der Waals surface area contributed by atoms with Crippen LogP contribution in [0.25, 0.3) is 0 Å². The fourth-order valence-corrected chi connectivity index (χ4v) is 2.23. The van der Waals surface area contributed by atoms with Crippen molar-refractivity contribution in [3.63, 3.8) is 0 Å². The van der Waals surface area contributed by atoms with Crippen LogP contribution in [0, 0.1) is 0 Å². The average molecular weight is 309 g/mol. The third-order valence-electron chi connectivity index (χ3n) is 2.25. The van der Waals surface area contributed by atoms with Gasteiger partial charge in [-0.15, -0.1) is 0 Å². The molecule has 0 spiro atoms. The summed E-state index contributed by atoms with van der Waals surface area (Å²) < 4.78 is 0. The monoisotopic (exact) mass is 308 g/mol. The molecule has 18 heavy (non-hydrogen) atoms. The molecule has 0 aliphatic rings. The maximum atomic E-state index is 11.7. The zero-order valence-electron chi connectivity index (χ0n) is 9.74. The lowest BCUT2D eigenvalue weighted by molar-refractivity contribution is -0.117. The molecule has 0 aliphatic carbocycles. The van der Waals surface area contributed by atoms with Crippen LogP contribution in [0.4, 0.5) is 5.69 Å². The van der Waals surface area contributed by atoms with Crippen LogP contribution in [-0.2, 0) is 4.79 Å². The minimum absolute atomic E-state index is 0.0792. The van der Waals surface area contributed by atoms with Gasteiger partial charge in [0.25, 0.3) is 0 Å². The first kappa shape index (κ1) is 15.4. The molecule has 4 N–H and O–H groups in total. The molecule has 0 bridgehead atoms. The van der Waals surface area contributed by atoms with Crippen molar-refractivity contribution in [3.05, 3.63) is 22.2 Å². The maximum absolute atomic E-state index is 11.7. The summed E-state index contributed by atoms with van der Waals surface area (Å²) in [5, 5.41) is 12.2. The van der Waals surface area contributed by atoms with Gasteiger partial charge in [-0.05, 0) is 30.6 Å². The number of carbonyl (C=O) groups excluding carboxylic acids is 1. The molecule has 7 heteroatoms. The molecule has 0 saturated heterocycles. The van der Waals surface area contributed by atoms with Gasteiger partial charge in [-0.3, -0.25) is 4.79 Å². The van der Waals surface area contributed by atoms with Gasteiger partial charge in [0.05, 0.1) is 16.1 Å². The Morgan fingerprint density at radius 2 is 2.06 bits per heavy atom. The lowest BCUT2D eigenvalue weighted by atomic mass is 10.2. The zero-order chi connectivity index (χ0) is 13.7. The number of nitrogens with two attached hydrogens (primary N) is 1. The largest absolute Gasteiger partial charge is 0.505 e. The third kappa shape index (κ3) is 4.24. The molecule has 1 atom stereocenters. The van der Waals surface area contributed by atoms with Crippen molar-refractivity contribution in [2.75, 3.05) is 17.3 Å². The van der Waals surface area contributed by atoms with Gasteiger partial charge in [0.1, 0.15) is 0 Å². The summed E-state index contributed by atoms with van der Waals surface area (Å²) in [4.78, 5) is 11.7. The Bertz CT molecular complexity index is 420. The van der Waals surface area contributed by atoms with E-state index in [9.17, 15) is 9.90 Å². The van der Waals surface area contributed by atoms with E-state index in [0.29, 0.717) is 12.1 Å². The van der Waals surface area contributed by atoms with E-state index in [1.807, 2.05) is 6.26 Å². The Kier molecular flexibility index (Phi) is 6.08. The first-order valence-electron chi connectivity index (χ1n) is 5.19. The topological polar surface area (TPSA) is 75.4 Å². The van der Waals surface area contributed by atoms with E-state index in [1.165, 1.54) is 12.1 Å². The Hall–Kier alpha value is -0.620. The second-order valence-electron chi connectivity index (χ2n) is 3.67. The molecule has 1 aromatic carbocycles. The number of amides is 1. The van der Waals surface area contributed by atoms with Crippen molar-refractivity contribution < 1.29 is 9.90 Å². The summed E-state index contributed by atoms with van der Waals surface area (Å²) in [5.74, 6) is 0.302. The molecule has 1 amide bonds. The van der Waals surface area contributed by atoms with E-state index >= 15 is 0 Å². The van der Waals surface area contributed by atoms with E-state index in [2.05, 4.69) is 5.32 Å². The number of carbonyl (C=O) groups is 1. The fraction of sp³-hybridized carbons (Fsp3) is 0.364. The van der Waals surface area contributed by atoms with Crippen molar-refractivity contribution in [2.24, 2.45) is 5.73 Å². The summed E-state index contributed by atoms with van der Waals surface area (Å²) in [7, 11) is 0. The zero-order valence-corrected chi connectivity index (χ0v) is 12.1. The number of phenols is 1. The smallest absolute Gasteiger partial charge is 0.241 e. The molecule has 0 saturated carbocycles. The van der Waals surface area contributed by atoms with Crippen LogP contribution < -0.4 is 11.1 Å². The summed E-state index contributed by atoms with van der Waals surface area (Å²) in [6.07, 6.45) is 2.54. The predicted molar refractivity (Wildman–Crippen MR) is 77.7 cm³/mol. The van der Waals surface area contributed by atoms with Crippen molar-refractivity contribution in [1.29, 1.82) is 0 Å². The van der Waals surface area contributed by atoms with Gasteiger partial charge in [-0.25, -0.2) is 0 Å². The molecule has 100 valence electrons. The van der Waals surface area contributed by atoms with Crippen LogP contribution in [0.2, 0.25) is 10.0 Å². The minimum atomic E-state index is -0.580. The maximum Gasteiger partial charge on any atom is 0.241 e. The van der Waals surface area contributed by atoms with Gasteiger partial charge in [-0.2, -0.15) is 11.8 Å². The van der Waals surface area contributed by atoms with E-state index < -0.39 is 6.04 Å². The highest BCUT2D eigenvalue weighted by Gasteiger charge is 2.14. The molecule has 0 heterocycles. The fourth-order valence-electron chi connectivity index (χ4n) is 1.25. The Morgan fingerprint density at radius 3 is 2.56 bits per heavy atom. The van der Waals surface area contributed by atoms with Gasteiger partial charge < -0.3 is 16.2 Å². The lowest BCUT2D eigenvalue weighted by Gasteiger charge is -2.12. The highest BCUT2D eigenvalue weighted by atomic mass is 35.5. The number of aromatic hydroxyl groups is 1. The van der Waals surface area contributed by atoms with Crippen LogP contribution in [-0.4, -0.2) is 29.1 Å². The Labute approximate surface area is 120 Å². The third-order valence-corrected chi connectivity index (χ3v) is 3.47. The number of thioether (sulfide) groups is 1. The Morgan fingerprint density at radius 1 is 1.50 bits per heavy atom.